The molecule has 0 atom stereocenters. The molecule has 0 saturated heterocycles. The molecule has 4 aromatic rings. The molecule has 0 saturated carbocycles. The average molecular weight is 578 g/mol. The summed E-state index contributed by atoms with van der Waals surface area (Å²) in [5, 5.41) is 4.43. The Hall–Kier alpha value is -2.66. The number of amides is 1. The van der Waals surface area contributed by atoms with Gasteiger partial charge in [0.2, 0.25) is 0 Å². The zero-order valence-electron chi connectivity index (χ0n) is 19.7. The van der Waals surface area contributed by atoms with Crippen LogP contribution in [0.25, 0.3) is 21.0 Å². The van der Waals surface area contributed by atoms with E-state index in [1.807, 2.05) is 13.0 Å². The van der Waals surface area contributed by atoms with Crippen LogP contribution >= 0.6 is 28.3 Å². The van der Waals surface area contributed by atoms with Crippen molar-refractivity contribution in [3.63, 3.8) is 0 Å². The number of halogens is 1. The summed E-state index contributed by atoms with van der Waals surface area (Å²) in [7, 11) is -1.59. The van der Waals surface area contributed by atoms with Gasteiger partial charge in [0.25, 0.3) is 5.91 Å². The van der Waals surface area contributed by atoms with Crippen molar-refractivity contribution in [2.45, 2.75) is 26.2 Å². The fourth-order valence-electron chi connectivity index (χ4n) is 4.07. The lowest BCUT2D eigenvalue weighted by atomic mass is 10.0. The number of benzene rings is 2. The van der Waals surface area contributed by atoms with Crippen LogP contribution in [0.2, 0.25) is 0 Å². The molecule has 7 nitrogen and oxygen atoms in total. The number of hydrogen-bond donors (Lipinski definition) is 1. The summed E-state index contributed by atoms with van der Waals surface area (Å²) in [5.74, 6) is -0.116. The van der Waals surface area contributed by atoms with Gasteiger partial charge < -0.3 is 10.1 Å². The first-order valence-electron chi connectivity index (χ1n) is 10.5. The number of rotatable bonds is 7. The normalized spacial score (nSPS) is 11.4. The Labute approximate surface area is 218 Å². The molecule has 4 rings (SSSR count). The Balaban J connectivity index is 0.00000342. The lowest BCUT2D eigenvalue weighted by Gasteiger charge is -2.08. The molecule has 1 N–H and O–H groups in total. The van der Waals surface area contributed by atoms with Crippen molar-refractivity contribution in [2.75, 3.05) is 18.7 Å². The number of carbonyl (C=O) groups is 2. The molecule has 2 heterocycles. The summed E-state index contributed by atoms with van der Waals surface area (Å²) in [5.41, 5.74) is 3.52. The topological polar surface area (TPSA) is 102 Å². The molecule has 0 aliphatic rings. The molecular weight excluding hydrogens is 552 g/mol. The van der Waals surface area contributed by atoms with Gasteiger partial charge in [-0.3, -0.25) is 9.59 Å². The fraction of sp³-hybridized carbons (Fsp3) is 0.240. The first-order chi connectivity index (χ1) is 16.1. The van der Waals surface area contributed by atoms with E-state index in [9.17, 15) is 18.0 Å². The maximum Gasteiger partial charge on any atom is 0.267 e. The van der Waals surface area contributed by atoms with Crippen molar-refractivity contribution in [3.8, 4) is 0 Å². The first-order valence-corrected chi connectivity index (χ1v) is 13.4. The molecule has 2 aromatic heterocycles. The summed E-state index contributed by atoms with van der Waals surface area (Å²) in [6.45, 7) is 3.74. The highest BCUT2D eigenvalue weighted by Gasteiger charge is 2.21. The van der Waals surface area contributed by atoms with E-state index >= 15 is 0 Å². The number of Topliss-reactive ketones (excluding diaryl/α,β-unsaturated/α-hetero) is 1. The van der Waals surface area contributed by atoms with Crippen LogP contribution in [0.3, 0.4) is 0 Å². The van der Waals surface area contributed by atoms with Crippen LogP contribution in [-0.4, -0.2) is 38.5 Å². The van der Waals surface area contributed by atoms with Gasteiger partial charge in [-0.05, 0) is 54.8 Å². The van der Waals surface area contributed by atoms with Crippen LogP contribution < -0.4 is 5.32 Å². The highest BCUT2D eigenvalue weighted by Crippen LogP contribution is 2.37. The zero-order valence-corrected chi connectivity index (χ0v) is 23.0. The summed E-state index contributed by atoms with van der Waals surface area (Å²) in [6, 6.07) is 12.3. The van der Waals surface area contributed by atoms with E-state index in [1.54, 1.807) is 43.5 Å². The van der Waals surface area contributed by atoms with Crippen molar-refractivity contribution >= 4 is 76.7 Å². The summed E-state index contributed by atoms with van der Waals surface area (Å²) in [6.07, 6.45) is 1.19. The minimum absolute atomic E-state index is 0. The van der Waals surface area contributed by atoms with Gasteiger partial charge in [-0.15, -0.1) is 28.3 Å². The smallest absolute Gasteiger partial charge is 0.267 e. The van der Waals surface area contributed by atoms with E-state index in [-0.39, 0.29) is 34.4 Å². The average Bonchev–Trinajstić information content (AvgIpc) is 3.10. The Morgan fingerprint density at radius 3 is 2.49 bits per heavy atom. The van der Waals surface area contributed by atoms with Crippen molar-refractivity contribution < 1.29 is 22.7 Å². The van der Waals surface area contributed by atoms with E-state index in [0.29, 0.717) is 33.9 Å². The molecule has 0 unspecified atom stereocenters. The van der Waals surface area contributed by atoms with E-state index in [2.05, 4.69) is 10.3 Å². The van der Waals surface area contributed by atoms with E-state index in [0.717, 1.165) is 26.6 Å². The molecule has 1 amide bonds. The number of carbonyl (C=O) groups excluding carboxylic acids is 2. The SMILES string of the molecule is Br.COCc1ccc(C(C)=O)c2sc(C(=O)Nc3ccc4c(CS(C)(=O)=O)cccc4n3)c(C)c12. The molecule has 10 heteroatoms. The van der Waals surface area contributed by atoms with Gasteiger partial charge in [-0.25, -0.2) is 13.4 Å². The van der Waals surface area contributed by atoms with Gasteiger partial charge in [-0.1, -0.05) is 18.2 Å². The number of aromatic nitrogens is 1. The number of anilines is 1. The summed E-state index contributed by atoms with van der Waals surface area (Å²) < 4.78 is 29.6. The second kappa shape index (κ2) is 10.5. The monoisotopic (exact) mass is 576 g/mol. The number of methoxy groups -OCH3 is 1. The largest absolute Gasteiger partial charge is 0.380 e. The van der Waals surface area contributed by atoms with Gasteiger partial charge in [0.1, 0.15) is 5.82 Å². The number of ether oxygens (including phenoxy) is 1. The van der Waals surface area contributed by atoms with Crippen molar-refractivity contribution in [3.05, 3.63) is 69.6 Å². The highest BCUT2D eigenvalue weighted by atomic mass is 79.9. The number of ketones is 1. The zero-order chi connectivity index (χ0) is 24.6. The molecule has 0 fully saturated rings. The third kappa shape index (κ3) is 5.61. The Morgan fingerprint density at radius 2 is 1.83 bits per heavy atom. The van der Waals surface area contributed by atoms with Gasteiger partial charge in [-0.2, -0.15) is 0 Å². The van der Waals surface area contributed by atoms with E-state index < -0.39 is 9.84 Å². The molecule has 0 aliphatic carbocycles. The van der Waals surface area contributed by atoms with Crippen LogP contribution in [0.5, 0.6) is 0 Å². The number of thiophene rings is 1. The van der Waals surface area contributed by atoms with Crippen LogP contribution in [0.1, 0.15) is 43.6 Å². The number of nitrogens with zero attached hydrogens (tertiary/aromatic N) is 1. The quantitative estimate of drug-likeness (QED) is 0.292. The molecule has 0 radical (unpaired) electrons. The second-order valence-corrected chi connectivity index (χ2v) is 11.4. The van der Waals surface area contributed by atoms with Gasteiger partial charge in [0.15, 0.2) is 15.6 Å². The Morgan fingerprint density at radius 1 is 1.09 bits per heavy atom. The van der Waals surface area contributed by atoms with Crippen LogP contribution in [0.15, 0.2) is 42.5 Å². The van der Waals surface area contributed by atoms with E-state index in [1.165, 1.54) is 24.5 Å². The molecular formula is C25H25BrN2O5S2. The van der Waals surface area contributed by atoms with Crippen molar-refractivity contribution in [1.29, 1.82) is 0 Å². The number of hydrogen-bond acceptors (Lipinski definition) is 7. The number of pyridine rings is 1. The number of sulfone groups is 1. The van der Waals surface area contributed by atoms with Crippen LogP contribution in [-0.2, 0) is 26.9 Å². The predicted molar refractivity (Wildman–Crippen MR) is 146 cm³/mol. The second-order valence-electron chi connectivity index (χ2n) is 8.23. The number of fused-ring (bicyclic) bond motifs is 2. The van der Waals surface area contributed by atoms with Gasteiger partial charge in [0.05, 0.1) is 22.8 Å². The summed E-state index contributed by atoms with van der Waals surface area (Å²) >= 11 is 1.28. The molecule has 0 aliphatic heterocycles. The van der Waals surface area contributed by atoms with E-state index in [4.69, 9.17) is 4.74 Å². The third-order valence-corrected chi connectivity index (χ3v) is 7.69. The van der Waals surface area contributed by atoms with Gasteiger partial charge >= 0.3 is 0 Å². The predicted octanol–water partition coefficient (Wildman–Crippen LogP) is 5.48. The third-order valence-electron chi connectivity index (χ3n) is 5.53. The minimum atomic E-state index is -3.20. The highest BCUT2D eigenvalue weighted by molar-refractivity contribution is 8.93. The molecule has 0 spiro atoms. The maximum atomic E-state index is 13.2. The Kier molecular flexibility index (Phi) is 8.10. The number of aryl methyl sites for hydroxylation is 1. The maximum absolute atomic E-state index is 13.2. The fourth-order valence-corrected chi connectivity index (χ4v) is 6.20. The molecule has 35 heavy (non-hydrogen) atoms. The van der Waals surface area contributed by atoms with Crippen LogP contribution in [0.4, 0.5) is 5.82 Å². The lowest BCUT2D eigenvalue weighted by molar-refractivity contribution is 0.101. The molecule has 184 valence electrons. The molecule has 0 bridgehead atoms. The summed E-state index contributed by atoms with van der Waals surface area (Å²) in [4.78, 5) is 30.4. The van der Waals surface area contributed by atoms with Crippen molar-refractivity contribution in [1.82, 2.24) is 4.98 Å². The van der Waals surface area contributed by atoms with Crippen LogP contribution in [0, 0.1) is 6.92 Å². The standard InChI is InChI=1S/C25H24N2O5S2.BrH/c1-14-22-16(12-32-3)8-9-18(15(2)28)24(22)33-23(14)25(29)27-21-11-10-19-17(13-34(4,30)31)6-5-7-20(19)26-21;/h5-11H,12-13H2,1-4H3,(H,26,27,29);1H. The first kappa shape index (κ1) is 26.9. The Bertz CT molecular complexity index is 1560. The van der Waals surface area contributed by atoms with Crippen molar-refractivity contribution in [2.24, 2.45) is 0 Å². The molecule has 2 aromatic carbocycles. The minimum Gasteiger partial charge on any atom is -0.380 e. The lowest BCUT2D eigenvalue weighted by Crippen LogP contribution is -2.12. The van der Waals surface area contributed by atoms with Gasteiger partial charge in [0, 0.05) is 34.4 Å². The number of nitrogens with one attached hydrogen (secondary N) is 1.